The Kier molecular flexibility index (Phi) is 11.5. The highest BCUT2D eigenvalue weighted by atomic mass is 28.4. The Morgan fingerprint density at radius 2 is 1.36 bits per heavy atom. The average molecular weight is 804 g/mol. The van der Waals surface area contributed by atoms with E-state index < -0.39 is 38.5 Å². The van der Waals surface area contributed by atoms with Crippen molar-refractivity contribution < 1.29 is 32.6 Å². The van der Waals surface area contributed by atoms with Crippen LogP contribution in [0, 0.1) is 0 Å². The first-order chi connectivity index (χ1) is 27.8. The molecule has 0 saturated carbocycles. The van der Waals surface area contributed by atoms with Gasteiger partial charge in [-0.3, -0.25) is 14.3 Å². The lowest BCUT2D eigenvalue weighted by Gasteiger charge is -2.40. The number of aromatic nitrogens is 4. The molecule has 13 heteroatoms. The summed E-state index contributed by atoms with van der Waals surface area (Å²) in [6, 6.07) is 34.3. The predicted octanol–water partition coefficient (Wildman–Crippen LogP) is 8.75. The Morgan fingerprint density at radius 3 is 1.91 bits per heavy atom. The zero-order chi connectivity index (χ0) is 41.2. The summed E-state index contributed by atoms with van der Waals surface area (Å²) >= 11 is 0. The van der Waals surface area contributed by atoms with Gasteiger partial charge in [0.2, 0.25) is 0 Å². The fraction of sp³-hybridized carbons (Fsp3) is 0.333. The Morgan fingerprint density at radius 1 is 0.810 bits per heavy atom. The van der Waals surface area contributed by atoms with Crippen LogP contribution in [0.4, 0.5) is 10.2 Å². The fourth-order valence-electron chi connectivity index (χ4n) is 7.13. The number of methoxy groups -OCH3 is 2. The maximum atomic E-state index is 17.4. The number of rotatable bonds is 13. The number of fused-ring (bicyclic) bond motifs is 1. The number of hydrogen-bond donors (Lipinski definition) is 0. The van der Waals surface area contributed by atoms with Gasteiger partial charge in [0.05, 0.1) is 27.2 Å². The van der Waals surface area contributed by atoms with Gasteiger partial charge in [-0.05, 0) is 71.2 Å². The van der Waals surface area contributed by atoms with Crippen LogP contribution < -0.4 is 14.4 Å². The molecular weight excluding hydrogens is 754 g/mol. The zero-order valence-corrected chi connectivity index (χ0v) is 35.1. The van der Waals surface area contributed by atoms with Crippen molar-refractivity contribution in [3.05, 3.63) is 144 Å². The second kappa shape index (κ2) is 16.4. The lowest BCUT2D eigenvalue weighted by molar-refractivity contribution is -0.0921. The number of hydrogen-bond acceptors (Lipinski definition) is 9. The molecule has 1 saturated heterocycles. The molecule has 3 heterocycles. The summed E-state index contributed by atoms with van der Waals surface area (Å²) in [6.07, 6.45) is -1.87. The fourth-order valence-corrected chi connectivity index (χ4v) is 8.45. The quantitative estimate of drug-likeness (QED) is 0.0837. The van der Waals surface area contributed by atoms with Crippen molar-refractivity contribution in [2.75, 3.05) is 32.8 Å². The van der Waals surface area contributed by atoms with Gasteiger partial charge in [-0.2, -0.15) is 0 Å². The van der Waals surface area contributed by atoms with Crippen LogP contribution in [-0.4, -0.2) is 80.0 Å². The molecule has 4 atom stereocenters. The number of alkyl halides is 1. The Bertz CT molecular complexity index is 2270. The van der Waals surface area contributed by atoms with Crippen LogP contribution in [0.15, 0.2) is 122 Å². The number of benzene rings is 4. The van der Waals surface area contributed by atoms with E-state index in [1.807, 2.05) is 84.9 Å². The number of nitrogens with zero attached hydrogens (tertiary/aromatic N) is 5. The summed E-state index contributed by atoms with van der Waals surface area (Å²) in [7, 11) is 2.30. The lowest BCUT2D eigenvalue weighted by Crippen LogP contribution is -2.49. The van der Waals surface area contributed by atoms with E-state index in [0.717, 1.165) is 16.7 Å². The minimum absolute atomic E-state index is 0.0512. The molecule has 7 rings (SSSR count). The highest BCUT2D eigenvalue weighted by Crippen LogP contribution is 2.46. The van der Waals surface area contributed by atoms with E-state index in [2.05, 4.69) is 48.8 Å². The summed E-state index contributed by atoms with van der Waals surface area (Å²) in [6.45, 7) is 10.5. The number of carbonyl (C=O) groups excluding carboxylic acids is 1. The first kappa shape index (κ1) is 40.7. The summed E-state index contributed by atoms with van der Waals surface area (Å²) in [5.41, 5.74) is 2.48. The van der Waals surface area contributed by atoms with E-state index in [9.17, 15) is 4.79 Å². The Labute approximate surface area is 339 Å². The summed E-state index contributed by atoms with van der Waals surface area (Å²) < 4.78 is 50.9. The molecule has 1 fully saturated rings. The Balaban J connectivity index is 1.30. The maximum Gasteiger partial charge on any atom is 0.259 e. The van der Waals surface area contributed by atoms with Crippen LogP contribution in [0.25, 0.3) is 11.2 Å². The number of halogens is 1. The molecule has 0 aliphatic carbocycles. The summed E-state index contributed by atoms with van der Waals surface area (Å²) in [5.74, 6) is 1.40. The number of imidazole rings is 1. The normalized spacial score (nSPS) is 18.6. The number of ether oxygens (including phenoxy) is 4. The first-order valence-corrected chi connectivity index (χ1v) is 22.2. The average Bonchev–Trinajstić information content (AvgIpc) is 3.81. The van der Waals surface area contributed by atoms with Gasteiger partial charge in [0, 0.05) is 12.6 Å². The molecular formula is C45H50FN5O6Si. The first-order valence-electron chi connectivity index (χ1n) is 19.3. The highest BCUT2D eigenvalue weighted by molar-refractivity contribution is 6.74. The molecule has 1 aliphatic heterocycles. The van der Waals surface area contributed by atoms with Crippen LogP contribution >= 0.6 is 0 Å². The van der Waals surface area contributed by atoms with Crippen LogP contribution in [0.1, 0.15) is 54.0 Å². The molecule has 302 valence electrons. The van der Waals surface area contributed by atoms with Gasteiger partial charge >= 0.3 is 0 Å². The van der Waals surface area contributed by atoms with E-state index in [0.29, 0.717) is 28.2 Å². The van der Waals surface area contributed by atoms with Crippen molar-refractivity contribution in [3.8, 4) is 11.5 Å². The molecule has 4 aromatic carbocycles. The van der Waals surface area contributed by atoms with Crippen molar-refractivity contribution in [1.29, 1.82) is 0 Å². The maximum absolute atomic E-state index is 17.4. The van der Waals surface area contributed by atoms with Gasteiger partial charge < -0.3 is 23.4 Å². The molecule has 0 bridgehead atoms. The van der Waals surface area contributed by atoms with E-state index in [1.165, 1.54) is 17.6 Å². The predicted molar refractivity (Wildman–Crippen MR) is 224 cm³/mol. The standard InChI is InChI=1S/C45H50FN5O6Si/c1-44(2,3)58(7,8)57-39-36(56-43(37(39)46)51-29-49-38-40(47-28-48-41(38)51)50(4)42(52)30-15-11-9-12-16-30)27-55-45(31-17-13-10-14-18-31,32-19-23-34(53-5)24-20-32)33-21-25-35(54-6)26-22-33/h9-26,28-29,36-37,39,43H,27H2,1-8H3/t36-,37-,39-,43-/m1/s1. The van der Waals surface area contributed by atoms with Gasteiger partial charge in [-0.1, -0.05) is 93.6 Å². The number of anilines is 1. The van der Waals surface area contributed by atoms with Crippen molar-refractivity contribution in [2.45, 2.75) is 69.1 Å². The van der Waals surface area contributed by atoms with Crippen LogP contribution in [0.3, 0.4) is 0 Å². The van der Waals surface area contributed by atoms with Crippen LogP contribution in [0.5, 0.6) is 11.5 Å². The van der Waals surface area contributed by atoms with Crippen LogP contribution in [-0.2, 0) is 19.5 Å². The molecule has 0 unspecified atom stereocenters. The third-order valence-corrected chi connectivity index (χ3v) is 15.9. The third kappa shape index (κ3) is 7.62. The molecule has 0 N–H and O–H groups in total. The number of amides is 1. The molecule has 11 nitrogen and oxygen atoms in total. The molecule has 0 spiro atoms. The SMILES string of the molecule is COc1ccc(C(OC[C@H]2O[C@@H](n3cnc4c(N(C)C(=O)c5ccccc5)ncnc43)[C@H](F)[C@@H]2O[Si](C)(C)C(C)(C)C)(c2ccccc2)c2ccc(OC)cc2)cc1. The largest absolute Gasteiger partial charge is 0.497 e. The van der Waals surface area contributed by atoms with Gasteiger partial charge in [-0.15, -0.1) is 0 Å². The van der Waals surface area contributed by atoms with E-state index >= 15 is 4.39 Å². The van der Waals surface area contributed by atoms with E-state index in [1.54, 1.807) is 50.1 Å². The second-order valence-corrected chi connectivity index (χ2v) is 20.7. The smallest absolute Gasteiger partial charge is 0.259 e. The minimum Gasteiger partial charge on any atom is -0.497 e. The molecule has 2 aromatic heterocycles. The summed E-state index contributed by atoms with van der Waals surface area (Å²) in [5, 5.41) is -0.226. The van der Waals surface area contributed by atoms with Crippen molar-refractivity contribution in [2.24, 2.45) is 0 Å². The highest BCUT2D eigenvalue weighted by Gasteiger charge is 2.53. The van der Waals surface area contributed by atoms with Gasteiger partial charge in [0.15, 0.2) is 37.7 Å². The topological polar surface area (TPSA) is 110 Å². The minimum atomic E-state index is -2.58. The third-order valence-electron chi connectivity index (χ3n) is 11.4. The Hall–Kier alpha value is -5.47. The molecule has 1 amide bonds. The van der Waals surface area contributed by atoms with Crippen molar-refractivity contribution in [3.63, 3.8) is 0 Å². The van der Waals surface area contributed by atoms with Gasteiger partial charge in [0.25, 0.3) is 5.91 Å². The molecule has 6 aromatic rings. The zero-order valence-electron chi connectivity index (χ0n) is 34.1. The van der Waals surface area contributed by atoms with E-state index in [-0.39, 0.29) is 23.4 Å². The second-order valence-electron chi connectivity index (χ2n) is 15.9. The molecule has 1 aliphatic rings. The van der Waals surface area contributed by atoms with Gasteiger partial charge in [-0.25, -0.2) is 19.3 Å². The van der Waals surface area contributed by atoms with Crippen LogP contribution in [0.2, 0.25) is 18.1 Å². The van der Waals surface area contributed by atoms with E-state index in [4.69, 9.17) is 23.4 Å². The summed E-state index contributed by atoms with van der Waals surface area (Å²) in [4.78, 5) is 28.4. The number of carbonyl (C=O) groups is 1. The molecule has 0 radical (unpaired) electrons. The van der Waals surface area contributed by atoms with Crippen molar-refractivity contribution >= 4 is 31.2 Å². The monoisotopic (exact) mass is 803 g/mol. The van der Waals surface area contributed by atoms with Crippen molar-refractivity contribution in [1.82, 2.24) is 19.5 Å². The lowest BCUT2D eigenvalue weighted by atomic mass is 9.80. The van der Waals surface area contributed by atoms with Gasteiger partial charge in [0.1, 0.15) is 35.6 Å². The molecule has 58 heavy (non-hydrogen) atoms.